The van der Waals surface area contributed by atoms with Gasteiger partial charge in [-0.1, -0.05) is 0 Å². The fourth-order valence-corrected chi connectivity index (χ4v) is 4.26. The van der Waals surface area contributed by atoms with Crippen molar-refractivity contribution in [3.63, 3.8) is 0 Å². The highest BCUT2D eigenvalue weighted by Gasteiger charge is 2.21. The van der Waals surface area contributed by atoms with Gasteiger partial charge in [0.05, 0.1) is 24.5 Å². The molecule has 0 radical (unpaired) electrons. The molecule has 164 valence electrons. The molecule has 1 saturated heterocycles. The van der Waals surface area contributed by atoms with Gasteiger partial charge in [-0.25, -0.2) is 4.98 Å². The van der Waals surface area contributed by atoms with Crippen molar-refractivity contribution in [3.05, 3.63) is 53.5 Å². The Morgan fingerprint density at radius 1 is 1.12 bits per heavy atom. The molecule has 0 saturated carbocycles. The molecule has 4 aromatic rings. The summed E-state index contributed by atoms with van der Waals surface area (Å²) in [5.74, 6) is 2.41. The molecular formula is C24H26N6O2. The van der Waals surface area contributed by atoms with Gasteiger partial charge in [-0.05, 0) is 57.0 Å². The van der Waals surface area contributed by atoms with E-state index in [-0.39, 0.29) is 6.10 Å². The molecule has 1 fully saturated rings. The lowest BCUT2D eigenvalue weighted by atomic mass is 10.0. The van der Waals surface area contributed by atoms with Crippen molar-refractivity contribution in [1.82, 2.24) is 25.4 Å². The molecule has 0 aliphatic carbocycles. The van der Waals surface area contributed by atoms with Gasteiger partial charge in [0.1, 0.15) is 17.5 Å². The fourth-order valence-electron chi connectivity index (χ4n) is 4.26. The first-order valence-electron chi connectivity index (χ1n) is 10.8. The van der Waals surface area contributed by atoms with E-state index < -0.39 is 0 Å². The maximum Gasteiger partial charge on any atom is 0.171 e. The first kappa shape index (κ1) is 20.2. The second kappa shape index (κ2) is 8.11. The molecule has 0 amide bonds. The highest BCUT2D eigenvalue weighted by molar-refractivity contribution is 5.94. The summed E-state index contributed by atoms with van der Waals surface area (Å²) in [6.45, 7) is 8.04. The number of H-pyrrole nitrogens is 1. The highest BCUT2D eigenvalue weighted by Crippen LogP contribution is 2.36. The molecule has 1 aliphatic heterocycles. The van der Waals surface area contributed by atoms with Crippen LogP contribution in [0.5, 0.6) is 11.5 Å². The normalized spacial score (nSPS) is 14.3. The first-order chi connectivity index (χ1) is 15.5. The van der Waals surface area contributed by atoms with E-state index in [9.17, 15) is 0 Å². The van der Waals surface area contributed by atoms with E-state index >= 15 is 0 Å². The number of aryl methyl sites for hydroxylation is 2. The third-order valence-corrected chi connectivity index (χ3v) is 6.01. The Kier molecular flexibility index (Phi) is 5.13. The molecule has 5 rings (SSSR count). The Bertz CT molecular complexity index is 1260. The molecule has 1 N–H and O–H groups in total. The minimum Gasteiger partial charge on any atom is -0.493 e. The molecule has 32 heavy (non-hydrogen) atoms. The van der Waals surface area contributed by atoms with Gasteiger partial charge < -0.3 is 14.4 Å². The molecule has 0 spiro atoms. The van der Waals surface area contributed by atoms with Crippen LogP contribution in [-0.4, -0.2) is 45.6 Å². The van der Waals surface area contributed by atoms with Crippen LogP contribution >= 0.6 is 0 Å². The zero-order valence-corrected chi connectivity index (χ0v) is 18.7. The van der Waals surface area contributed by atoms with Gasteiger partial charge in [0.2, 0.25) is 0 Å². The number of hydrogen-bond acceptors (Lipinski definition) is 7. The summed E-state index contributed by atoms with van der Waals surface area (Å²) < 4.78 is 11.9. The second-order valence-electron chi connectivity index (χ2n) is 8.16. The van der Waals surface area contributed by atoms with Crippen LogP contribution in [0.25, 0.3) is 22.2 Å². The van der Waals surface area contributed by atoms with Crippen molar-refractivity contribution in [2.24, 2.45) is 0 Å². The van der Waals surface area contributed by atoms with Crippen molar-refractivity contribution in [2.75, 3.05) is 25.1 Å². The zero-order chi connectivity index (χ0) is 22.2. The van der Waals surface area contributed by atoms with E-state index in [2.05, 4.69) is 30.3 Å². The van der Waals surface area contributed by atoms with Crippen LogP contribution in [0, 0.1) is 13.8 Å². The van der Waals surface area contributed by atoms with Gasteiger partial charge in [0.25, 0.3) is 0 Å². The minimum atomic E-state index is -0.157. The van der Waals surface area contributed by atoms with Crippen molar-refractivity contribution in [3.8, 4) is 22.8 Å². The summed E-state index contributed by atoms with van der Waals surface area (Å²) in [6.07, 6.45) is 4.66. The Morgan fingerprint density at radius 2 is 1.97 bits per heavy atom. The van der Waals surface area contributed by atoms with Crippen LogP contribution in [0.4, 0.5) is 5.82 Å². The summed E-state index contributed by atoms with van der Waals surface area (Å²) in [5.41, 5.74) is 5.65. The number of hydrogen-bond donors (Lipinski definition) is 1. The van der Waals surface area contributed by atoms with Crippen LogP contribution in [-0.2, 0) is 0 Å². The third-order valence-electron chi connectivity index (χ3n) is 6.01. The summed E-state index contributed by atoms with van der Waals surface area (Å²) >= 11 is 0. The highest BCUT2D eigenvalue weighted by atomic mass is 16.5. The average Bonchev–Trinajstić information content (AvgIpc) is 3.16. The van der Waals surface area contributed by atoms with Crippen LogP contribution in [0.1, 0.15) is 36.3 Å². The van der Waals surface area contributed by atoms with Gasteiger partial charge in [0, 0.05) is 35.8 Å². The average molecular weight is 431 g/mol. The first-order valence-corrected chi connectivity index (χ1v) is 10.8. The molecule has 0 unspecified atom stereocenters. The van der Waals surface area contributed by atoms with Gasteiger partial charge in [-0.3, -0.25) is 5.10 Å². The lowest BCUT2D eigenvalue weighted by Crippen LogP contribution is -2.37. The number of rotatable bonds is 6. The molecular weight excluding hydrogens is 404 g/mol. The Balaban J connectivity index is 1.48. The van der Waals surface area contributed by atoms with Crippen molar-refractivity contribution >= 4 is 16.7 Å². The van der Waals surface area contributed by atoms with E-state index in [1.54, 1.807) is 13.3 Å². The smallest absolute Gasteiger partial charge is 0.171 e. The topological polar surface area (TPSA) is 89.0 Å². The SMILES string of the molecule is COc1cc(-c2n[nH]c3ccc(O[C@H](C)c4c(C)cnnc4C)cc23)cnc1N1CCC1. The number of aromatic amines is 1. The minimum absolute atomic E-state index is 0.157. The molecule has 1 aromatic carbocycles. The number of anilines is 1. The summed E-state index contributed by atoms with van der Waals surface area (Å²) in [7, 11) is 1.68. The van der Waals surface area contributed by atoms with Gasteiger partial charge in [-0.2, -0.15) is 15.3 Å². The van der Waals surface area contributed by atoms with E-state index in [1.807, 2.05) is 51.2 Å². The number of aromatic nitrogens is 5. The molecule has 8 heteroatoms. The Hall–Kier alpha value is -3.68. The largest absolute Gasteiger partial charge is 0.493 e. The standard InChI is InChI=1S/C24H26N6O2/c1-14-12-26-27-15(2)22(14)16(3)32-18-6-7-20-19(11-18)23(29-28-20)17-10-21(31-4)24(25-13-17)30-8-5-9-30/h6-7,10-13,16H,5,8-9H2,1-4H3,(H,28,29)/t16-/m1/s1. The molecule has 1 aliphatic rings. The molecule has 1 atom stereocenters. The van der Waals surface area contributed by atoms with Crippen molar-refractivity contribution in [2.45, 2.75) is 33.3 Å². The maximum absolute atomic E-state index is 6.29. The summed E-state index contributed by atoms with van der Waals surface area (Å²) in [5, 5.41) is 16.8. The van der Waals surface area contributed by atoms with Crippen molar-refractivity contribution < 1.29 is 9.47 Å². The number of fused-ring (bicyclic) bond motifs is 1. The molecule has 8 nitrogen and oxygen atoms in total. The molecule has 4 heterocycles. The van der Waals surface area contributed by atoms with E-state index in [0.717, 1.165) is 69.4 Å². The predicted octanol–water partition coefficient (Wildman–Crippen LogP) is 4.39. The monoisotopic (exact) mass is 430 g/mol. The van der Waals surface area contributed by atoms with Crippen LogP contribution in [0.2, 0.25) is 0 Å². The maximum atomic E-state index is 6.29. The van der Waals surface area contributed by atoms with Gasteiger partial charge in [0.15, 0.2) is 11.6 Å². The number of pyridine rings is 1. The lowest BCUT2D eigenvalue weighted by molar-refractivity contribution is 0.225. The van der Waals surface area contributed by atoms with Crippen LogP contribution in [0.3, 0.4) is 0 Å². The second-order valence-corrected chi connectivity index (χ2v) is 8.16. The zero-order valence-electron chi connectivity index (χ0n) is 18.7. The van der Waals surface area contributed by atoms with E-state index in [1.165, 1.54) is 6.42 Å². The van der Waals surface area contributed by atoms with E-state index in [0.29, 0.717) is 0 Å². The fraction of sp³-hybridized carbons (Fsp3) is 0.333. The lowest BCUT2D eigenvalue weighted by Gasteiger charge is -2.32. The Morgan fingerprint density at radius 3 is 2.69 bits per heavy atom. The van der Waals surface area contributed by atoms with Crippen molar-refractivity contribution in [1.29, 1.82) is 0 Å². The summed E-state index contributed by atoms with van der Waals surface area (Å²) in [4.78, 5) is 6.89. The molecule has 0 bridgehead atoms. The quantitative estimate of drug-likeness (QED) is 0.485. The van der Waals surface area contributed by atoms with Crippen LogP contribution in [0.15, 0.2) is 36.7 Å². The van der Waals surface area contributed by atoms with Crippen LogP contribution < -0.4 is 14.4 Å². The summed E-state index contributed by atoms with van der Waals surface area (Å²) in [6, 6.07) is 7.95. The number of ether oxygens (including phenoxy) is 2. The van der Waals surface area contributed by atoms with Gasteiger partial charge in [-0.15, -0.1) is 0 Å². The number of benzene rings is 1. The predicted molar refractivity (Wildman–Crippen MR) is 123 cm³/mol. The third kappa shape index (κ3) is 3.51. The Labute approximate surface area is 186 Å². The number of methoxy groups -OCH3 is 1. The molecule has 3 aromatic heterocycles. The van der Waals surface area contributed by atoms with Gasteiger partial charge >= 0.3 is 0 Å². The number of nitrogens with zero attached hydrogens (tertiary/aromatic N) is 5. The number of nitrogens with one attached hydrogen (secondary N) is 1. The van der Waals surface area contributed by atoms with E-state index in [4.69, 9.17) is 9.47 Å².